The molecule has 0 saturated heterocycles. The average Bonchev–Trinajstić information content (AvgIpc) is 2.84. The van der Waals surface area contributed by atoms with Crippen molar-refractivity contribution < 1.29 is 28.9 Å². The summed E-state index contributed by atoms with van der Waals surface area (Å²) < 4.78 is 16.3. The molecule has 0 fully saturated rings. The Labute approximate surface area is 206 Å². The Balaban J connectivity index is 1.87. The minimum Gasteiger partial charge on any atom is -0.503 e. The van der Waals surface area contributed by atoms with Gasteiger partial charge in [0.15, 0.2) is 17.3 Å². The molecule has 0 spiro atoms. The third-order valence-corrected chi connectivity index (χ3v) is 7.02. The molecule has 0 aromatic heterocycles. The van der Waals surface area contributed by atoms with E-state index >= 15 is 0 Å². The van der Waals surface area contributed by atoms with Crippen LogP contribution in [0.3, 0.4) is 0 Å². The summed E-state index contributed by atoms with van der Waals surface area (Å²) >= 11 is 3.36. The molecule has 0 amide bonds. The van der Waals surface area contributed by atoms with Gasteiger partial charge < -0.3 is 24.6 Å². The molecule has 1 aliphatic heterocycles. The van der Waals surface area contributed by atoms with E-state index in [1.807, 2.05) is 24.3 Å². The molecule has 0 saturated carbocycles. The lowest BCUT2D eigenvalue weighted by molar-refractivity contribution is -0.136. The second-order valence-electron chi connectivity index (χ2n) is 8.30. The fourth-order valence-electron chi connectivity index (χ4n) is 4.89. The zero-order chi connectivity index (χ0) is 24.6. The van der Waals surface area contributed by atoms with Gasteiger partial charge in [0.1, 0.15) is 5.75 Å². The number of benzene rings is 2. The number of carbonyl (C=O) groups is 2. The molecule has 34 heavy (non-hydrogen) atoms. The van der Waals surface area contributed by atoms with Crippen LogP contribution < -0.4 is 14.8 Å². The van der Waals surface area contributed by atoms with E-state index in [2.05, 4.69) is 21.2 Å². The third-order valence-electron chi connectivity index (χ3n) is 6.42. The quantitative estimate of drug-likeness (QED) is 0.543. The summed E-state index contributed by atoms with van der Waals surface area (Å²) in [5.41, 5.74) is 3.87. The van der Waals surface area contributed by atoms with E-state index in [0.29, 0.717) is 33.3 Å². The van der Waals surface area contributed by atoms with Crippen molar-refractivity contribution in [1.82, 2.24) is 5.32 Å². The number of rotatable bonds is 5. The molecular formula is C26H26BrNO6. The van der Waals surface area contributed by atoms with Gasteiger partial charge in [-0.3, -0.25) is 4.79 Å². The summed E-state index contributed by atoms with van der Waals surface area (Å²) in [6.07, 6.45) is 0.863. The fraction of sp³-hybridized carbons (Fsp3) is 0.308. The number of dihydropyridines is 1. The van der Waals surface area contributed by atoms with E-state index in [0.717, 1.165) is 17.0 Å². The van der Waals surface area contributed by atoms with Crippen molar-refractivity contribution in [2.45, 2.75) is 31.6 Å². The highest BCUT2D eigenvalue weighted by Crippen LogP contribution is 2.48. The average molecular weight is 528 g/mol. The van der Waals surface area contributed by atoms with Crippen molar-refractivity contribution in [2.24, 2.45) is 0 Å². The number of hydrogen-bond donors (Lipinski definition) is 2. The molecule has 2 aromatic rings. The van der Waals surface area contributed by atoms with E-state index in [1.54, 1.807) is 26.2 Å². The Morgan fingerprint density at radius 3 is 2.47 bits per heavy atom. The van der Waals surface area contributed by atoms with Gasteiger partial charge in [-0.25, -0.2) is 4.79 Å². The van der Waals surface area contributed by atoms with E-state index in [1.165, 1.54) is 14.2 Å². The van der Waals surface area contributed by atoms with Gasteiger partial charge in [0.25, 0.3) is 0 Å². The predicted molar refractivity (Wildman–Crippen MR) is 130 cm³/mol. The van der Waals surface area contributed by atoms with E-state index in [-0.39, 0.29) is 29.6 Å². The van der Waals surface area contributed by atoms with Gasteiger partial charge in [0.2, 0.25) is 0 Å². The molecule has 2 aliphatic rings. The van der Waals surface area contributed by atoms with Gasteiger partial charge in [-0.05, 0) is 58.6 Å². The smallest absolute Gasteiger partial charge is 0.336 e. The van der Waals surface area contributed by atoms with Gasteiger partial charge in [-0.2, -0.15) is 0 Å². The topological polar surface area (TPSA) is 94.1 Å². The normalized spacial score (nSPS) is 20.0. The van der Waals surface area contributed by atoms with E-state index in [9.17, 15) is 14.7 Å². The Morgan fingerprint density at radius 2 is 1.79 bits per heavy atom. The second kappa shape index (κ2) is 9.54. The zero-order valence-electron chi connectivity index (χ0n) is 19.4. The monoisotopic (exact) mass is 527 g/mol. The number of carbonyl (C=O) groups excluding carboxylic acids is 2. The summed E-state index contributed by atoms with van der Waals surface area (Å²) in [5, 5.41) is 13.6. The van der Waals surface area contributed by atoms with Crippen LogP contribution in [0.25, 0.3) is 0 Å². The number of methoxy groups -OCH3 is 3. The van der Waals surface area contributed by atoms with Crippen molar-refractivity contribution in [3.05, 3.63) is 74.5 Å². The summed E-state index contributed by atoms with van der Waals surface area (Å²) in [6, 6.07) is 11.1. The van der Waals surface area contributed by atoms with Crippen LogP contribution >= 0.6 is 15.9 Å². The van der Waals surface area contributed by atoms with Crippen LogP contribution in [0.4, 0.5) is 0 Å². The maximum atomic E-state index is 13.7. The number of hydrogen-bond acceptors (Lipinski definition) is 7. The van der Waals surface area contributed by atoms with Gasteiger partial charge >= 0.3 is 5.97 Å². The van der Waals surface area contributed by atoms with Crippen LogP contribution in [0.5, 0.6) is 17.2 Å². The predicted octanol–water partition coefficient (Wildman–Crippen LogP) is 4.71. The first-order valence-corrected chi connectivity index (χ1v) is 11.6. The number of phenols is 1. The molecule has 2 atom stereocenters. The molecule has 0 unspecified atom stereocenters. The van der Waals surface area contributed by atoms with Gasteiger partial charge in [0.05, 0.1) is 31.4 Å². The fourth-order valence-corrected chi connectivity index (χ4v) is 5.35. The largest absolute Gasteiger partial charge is 0.503 e. The van der Waals surface area contributed by atoms with Gasteiger partial charge in [0, 0.05) is 35.2 Å². The first-order chi connectivity index (χ1) is 16.3. The van der Waals surface area contributed by atoms with Crippen LogP contribution in [-0.2, 0) is 14.3 Å². The molecule has 1 heterocycles. The van der Waals surface area contributed by atoms with E-state index in [4.69, 9.17) is 14.2 Å². The minimum absolute atomic E-state index is 0.0547. The van der Waals surface area contributed by atoms with Crippen LogP contribution in [0.15, 0.2) is 63.4 Å². The molecule has 2 N–H and O–H groups in total. The molecule has 0 bridgehead atoms. The van der Waals surface area contributed by atoms with Crippen LogP contribution in [0.2, 0.25) is 0 Å². The maximum Gasteiger partial charge on any atom is 0.336 e. The SMILES string of the molecule is COC(=O)C1=C(C)NC2=C(C(=O)C[C@H](c3ccccc3OC)C2)[C@@H]1c1cc(Br)c(O)c(OC)c1. The summed E-state index contributed by atoms with van der Waals surface area (Å²) in [6.45, 7) is 1.80. The number of Topliss-reactive ketones (excluding diaryl/α,β-unsaturated/α-hetero) is 1. The van der Waals surface area contributed by atoms with Crippen molar-refractivity contribution >= 4 is 27.7 Å². The number of nitrogens with one attached hydrogen (secondary N) is 1. The third kappa shape index (κ3) is 4.07. The summed E-state index contributed by atoms with van der Waals surface area (Å²) in [5.74, 6) is -0.393. The van der Waals surface area contributed by atoms with Crippen LogP contribution in [0.1, 0.15) is 42.7 Å². The Hall–Kier alpha value is -3.26. The number of para-hydroxylation sites is 1. The highest BCUT2D eigenvalue weighted by atomic mass is 79.9. The lowest BCUT2D eigenvalue weighted by Gasteiger charge is -2.37. The molecule has 7 nitrogen and oxygen atoms in total. The molecular weight excluding hydrogens is 502 g/mol. The number of halogens is 1. The number of ketones is 1. The Kier molecular flexibility index (Phi) is 6.70. The van der Waals surface area contributed by atoms with Crippen molar-refractivity contribution in [2.75, 3.05) is 21.3 Å². The Morgan fingerprint density at radius 1 is 1.09 bits per heavy atom. The summed E-state index contributed by atoms with van der Waals surface area (Å²) in [4.78, 5) is 26.5. The lowest BCUT2D eigenvalue weighted by Crippen LogP contribution is -2.36. The number of aromatic hydroxyl groups is 1. The minimum atomic E-state index is -0.666. The van der Waals surface area contributed by atoms with Crippen molar-refractivity contribution in [3.8, 4) is 17.2 Å². The first-order valence-electron chi connectivity index (χ1n) is 10.8. The van der Waals surface area contributed by atoms with Crippen molar-refractivity contribution in [3.63, 3.8) is 0 Å². The van der Waals surface area contributed by atoms with Crippen molar-refractivity contribution in [1.29, 1.82) is 0 Å². The highest BCUT2D eigenvalue weighted by molar-refractivity contribution is 9.10. The molecule has 4 rings (SSSR count). The maximum absolute atomic E-state index is 13.7. The summed E-state index contributed by atoms with van der Waals surface area (Å²) in [7, 11) is 4.39. The first kappa shape index (κ1) is 23.9. The molecule has 0 radical (unpaired) electrons. The number of ether oxygens (including phenoxy) is 3. The van der Waals surface area contributed by atoms with Gasteiger partial charge in [-0.1, -0.05) is 18.2 Å². The van der Waals surface area contributed by atoms with Crippen LogP contribution in [0, 0.1) is 0 Å². The molecule has 2 aromatic carbocycles. The lowest BCUT2D eigenvalue weighted by atomic mass is 9.71. The number of phenolic OH excluding ortho intramolecular Hbond substituents is 1. The number of allylic oxidation sites excluding steroid dienone is 3. The molecule has 178 valence electrons. The Bertz CT molecular complexity index is 1230. The zero-order valence-corrected chi connectivity index (χ0v) is 21.0. The number of esters is 1. The second-order valence-corrected chi connectivity index (χ2v) is 9.16. The van der Waals surface area contributed by atoms with E-state index < -0.39 is 11.9 Å². The molecule has 8 heteroatoms. The molecule has 1 aliphatic carbocycles. The highest BCUT2D eigenvalue weighted by Gasteiger charge is 2.42. The van der Waals surface area contributed by atoms with Gasteiger partial charge in [-0.15, -0.1) is 0 Å². The van der Waals surface area contributed by atoms with Crippen LogP contribution in [-0.4, -0.2) is 38.2 Å². The standard InChI is InChI=1S/C26H26BrNO6/c1-13-22(26(31)34-4)23(15-9-17(27)25(30)21(12-15)33-3)24-18(28-13)10-14(11-19(24)29)16-7-5-6-8-20(16)32-2/h5-9,12,14,23,28,30H,10-11H2,1-4H3/t14-,23-/m1/s1.